The minimum atomic E-state index is -0.601. The maximum Gasteiger partial charge on any atom is 0.414 e. The van der Waals surface area contributed by atoms with Gasteiger partial charge in [0.25, 0.3) is 5.91 Å². The molecule has 2 aliphatic heterocycles. The number of carbonyl (C=O) groups excluding carboxylic acids is 4. The van der Waals surface area contributed by atoms with Crippen molar-refractivity contribution in [2.45, 2.75) is 20.0 Å². The van der Waals surface area contributed by atoms with E-state index in [0.717, 1.165) is 11.1 Å². The molecule has 4 rings (SSSR count). The summed E-state index contributed by atoms with van der Waals surface area (Å²) in [6, 6.07) is 12.1. The number of ether oxygens (including phenoxy) is 1. The molecule has 1 N–H and O–H groups in total. The van der Waals surface area contributed by atoms with Crippen LogP contribution in [-0.4, -0.2) is 74.0 Å². The summed E-state index contributed by atoms with van der Waals surface area (Å²) in [7, 11) is 0. The van der Waals surface area contributed by atoms with Crippen molar-refractivity contribution in [3.8, 4) is 0 Å². The van der Waals surface area contributed by atoms with Gasteiger partial charge in [-0.1, -0.05) is 35.9 Å². The second kappa shape index (κ2) is 11.2. The number of halogens is 1. The van der Waals surface area contributed by atoms with Gasteiger partial charge in [0.2, 0.25) is 11.7 Å². The molecule has 0 saturated carbocycles. The highest BCUT2D eigenvalue weighted by Gasteiger charge is 2.33. The number of amides is 3. The average Bonchev–Trinajstić information content (AvgIpc) is 3.27. The van der Waals surface area contributed by atoms with Crippen LogP contribution in [0, 0.1) is 12.7 Å². The summed E-state index contributed by atoms with van der Waals surface area (Å²) >= 11 is 0. The maximum atomic E-state index is 15.0. The molecule has 37 heavy (non-hydrogen) atoms. The first-order valence-electron chi connectivity index (χ1n) is 12.1. The minimum absolute atomic E-state index is 0.186. The Kier molecular flexibility index (Phi) is 7.86. The number of nitrogens with one attached hydrogen (secondary N) is 1. The standard InChI is InChI=1S/C27H29FN4O5/c1-18-3-5-20(6-4-18)7-10-25(34)26(35)31-13-11-30(12-14-31)24-9-8-21(15-23(24)28)32-17-22(37-27(32)36)16-29-19(2)33/h3-10,15,22H,11-14,16-17H2,1-2H3,(H,29,33)/b10-7+/t22-/m0/s1. The van der Waals surface area contributed by atoms with Crippen molar-refractivity contribution >= 4 is 41.1 Å². The van der Waals surface area contributed by atoms with E-state index >= 15 is 4.39 Å². The number of carbonyl (C=O) groups is 4. The highest BCUT2D eigenvalue weighted by molar-refractivity contribution is 6.41. The summed E-state index contributed by atoms with van der Waals surface area (Å²) in [4.78, 5) is 52.8. The third kappa shape index (κ3) is 6.32. The molecule has 0 bridgehead atoms. The number of nitrogens with zero attached hydrogens (tertiary/aromatic N) is 3. The zero-order chi connectivity index (χ0) is 26.5. The number of piperazine rings is 1. The Balaban J connectivity index is 1.32. The Bertz CT molecular complexity index is 1220. The number of rotatable bonds is 7. The van der Waals surface area contributed by atoms with Crippen LogP contribution in [0.25, 0.3) is 6.08 Å². The van der Waals surface area contributed by atoms with Gasteiger partial charge in [0.1, 0.15) is 11.9 Å². The Morgan fingerprint density at radius 3 is 2.43 bits per heavy atom. The van der Waals surface area contributed by atoms with Gasteiger partial charge in [-0.15, -0.1) is 0 Å². The predicted octanol–water partition coefficient (Wildman–Crippen LogP) is 2.53. The molecular weight excluding hydrogens is 479 g/mol. The smallest absolute Gasteiger partial charge is 0.414 e. The lowest BCUT2D eigenvalue weighted by Gasteiger charge is -2.36. The first-order valence-corrected chi connectivity index (χ1v) is 12.1. The van der Waals surface area contributed by atoms with E-state index in [0.29, 0.717) is 24.5 Å². The Hall–Kier alpha value is -4.21. The van der Waals surface area contributed by atoms with Gasteiger partial charge in [0, 0.05) is 33.1 Å². The largest absolute Gasteiger partial charge is 0.442 e. The van der Waals surface area contributed by atoms with E-state index in [2.05, 4.69) is 5.32 Å². The third-order valence-corrected chi connectivity index (χ3v) is 6.32. The number of anilines is 2. The molecule has 0 spiro atoms. The molecule has 2 aromatic carbocycles. The average molecular weight is 509 g/mol. The Morgan fingerprint density at radius 1 is 1.08 bits per heavy atom. The normalized spacial score (nSPS) is 17.8. The highest BCUT2D eigenvalue weighted by Crippen LogP contribution is 2.28. The monoisotopic (exact) mass is 508 g/mol. The quantitative estimate of drug-likeness (QED) is 0.456. The van der Waals surface area contributed by atoms with Crippen molar-refractivity contribution in [2.24, 2.45) is 0 Å². The van der Waals surface area contributed by atoms with Gasteiger partial charge < -0.3 is 19.9 Å². The lowest BCUT2D eigenvalue weighted by atomic mass is 10.1. The van der Waals surface area contributed by atoms with Crippen LogP contribution in [0.3, 0.4) is 0 Å². The van der Waals surface area contributed by atoms with Crippen LogP contribution in [-0.2, 0) is 19.1 Å². The van der Waals surface area contributed by atoms with Gasteiger partial charge in [0.15, 0.2) is 0 Å². The second-order valence-electron chi connectivity index (χ2n) is 9.08. The maximum absolute atomic E-state index is 15.0. The number of hydrogen-bond acceptors (Lipinski definition) is 6. The van der Waals surface area contributed by atoms with Gasteiger partial charge >= 0.3 is 6.09 Å². The van der Waals surface area contributed by atoms with E-state index in [-0.39, 0.29) is 32.1 Å². The summed E-state index contributed by atoms with van der Waals surface area (Å²) in [5, 5.41) is 2.60. The van der Waals surface area contributed by atoms with Gasteiger partial charge in [-0.3, -0.25) is 19.3 Å². The zero-order valence-electron chi connectivity index (χ0n) is 20.8. The summed E-state index contributed by atoms with van der Waals surface area (Å²) in [5.41, 5.74) is 2.65. The van der Waals surface area contributed by atoms with Crippen molar-refractivity contribution in [3.63, 3.8) is 0 Å². The molecule has 2 saturated heterocycles. The van der Waals surface area contributed by atoms with E-state index in [4.69, 9.17) is 4.74 Å². The van der Waals surface area contributed by atoms with E-state index in [1.807, 2.05) is 31.2 Å². The SMILES string of the molecule is CC(=O)NC[C@H]1CN(c2ccc(N3CCN(C(=O)C(=O)/C=C/c4ccc(C)cc4)CC3)c(F)c2)C(=O)O1. The molecule has 9 nitrogen and oxygen atoms in total. The predicted molar refractivity (Wildman–Crippen MR) is 137 cm³/mol. The molecule has 1 atom stereocenters. The molecule has 2 fully saturated rings. The molecule has 0 aromatic heterocycles. The van der Waals surface area contributed by atoms with Gasteiger partial charge in [0.05, 0.1) is 24.5 Å². The van der Waals surface area contributed by atoms with E-state index < -0.39 is 29.7 Å². The summed E-state index contributed by atoms with van der Waals surface area (Å²) in [6.45, 7) is 5.03. The van der Waals surface area contributed by atoms with Gasteiger partial charge in [-0.2, -0.15) is 0 Å². The van der Waals surface area contributed by atoms with E-state index in [9.17, 15) is 19.2 Å². The topological polar surface area (TPSA) is 99.3 Å². The fourth-order valence-electron chi connectivity index (χ4n) is 4.24. The van der Waals surface area contributed by atoms with Crippen LogP contribution >= 0.6 is 0 Å². The van der Waals surface area contributed by atoms with Gasteiger partial charge in [-0.25, -0.2) is 9.18 Å². The van der Waals surface area contributed by atoms with Crippen molar-refractivity contribution in [1.29, 1.82) is 0 Å². The third-order valence-electron chi connectivity index (χ3n) is 6.32. The summed E-state index contributed by atoms with van der Waals surface area (Å²) in [5.74, 6) is -1.92. The lowest BCUT2D eigenvalue weighted by molar-refractivity contribution is -0.142. The van der Waals surface area contributed by atoms with E-state index in [1.54, 1.807) is 23.1 Å². The zero-order valence-corrected chi connectivity index (χ0v) is 20.8. The second-order valence-corrected chi connectivity index (χ2v) is 9.08. The molecule has 0 aliphatic carbocycles. The number of aryl methyl sites for hydroxylation is 1. The molecule has 2 heterocycles. The number of cyclic esters (lactones) is 1. The van der Waals surface area contributed by atoms with Crippen LogP contribution in [0.4, 0.5) is 20.6 Å². The minimum Gasteiger partial charge on any atom is -0.442 e. The van der Waals surface area contributed by atoms with Crippen LogP contribution in [0.2, 0.25) is 0 Å². The molecule has 0 radical (unpaired) electrons. The molecule has 0 unspecified atom stereocenters. The summed E-state index contributed by atoms with van der Waals surface area (Å²) in [6.07, 6.45) is 1.78. The Labute approximate surface area is 214 Å². The van der Waals surface area contributed by atoms with Crippen molar-refractivity contribution in [3.05, 3.63) is 65.5 Å². The molecule has 10 heteroatoms. The first-order chi connectivity index (χ1) is 17.7. The molecule has 2 aliphatic rings. The van der Waals surface area contributed by atoms with Crippen LogP contribution < -0.4 is 15.1 Å². The molecular formula is C27H29FN4O5. The Morgan fingerprint density at radius 2 is 1.78 bits per heavy atom. The highest BCUT2D eigenvalue weighted by atomic mass is 19.1. The molecule has 194 valence electrons. The summed E-state index contributed by atoms with van der Waals surface area (Å²) < 4.78 is 20.3. The van der Waals surface area contributed by atoms with Crippen molar-refractivity contribution in [1.82, 2.24) is 10.2 Å². The van der Waals surface area contributed by atoms with Crippen LogP contribution in [0.15, 0.2) is 48.5 Å². The molecule has 2 aromatic rings. The lowest BCUT2D eigenvalue weighted by Crippen LogP contribution is -2.50. The van der Waals surface area contributed by atoms with E-state index in [1.165, 1.54) is 28.9 Å². The van der Waals surface area contributed by atoms with Crippen LogP contribution in [0.5, 0.6) is 0 Å². The van der Waals surface area contributed by atoms with Crippen molar-refractivity contribution < 1.29 is 28.3 Å². The van der Waals surface area contributed by atoms with Gasteiger partial charge in [-0.05, 0) is 36.8 Å². The fourth-order valence-corrected chi connectivity index (χ4v) is 4.24. The first kappa shape index (κ1) is 25.9. The molecule has 3 amide bonds. The number of hydrogen-bond donors (Lipinski definition) is 1. The number of ketones is 1. The van der Waals surface area contributed by atoms with Crippen molar-refractivity contribution in [2.75, 3.05) is 49.1 Å². The van der Waals surface area contributed by atoms with Crippen LogP contribution in [0.1, 0.15) is 18.1 Å². The number of benzene rings is 2. The fraction of sp³-hybridized carbons (Fsp3) is 0.333.